The summed E-state index contributed by atoms with van der Waals surface area (Å²) in [6, 6.07) is 5.66. The predicted octanol–water partition coefficient (Wildman–Crippen LogP) is 3.66. The van der Waals surface area contributed by atoms with Crippen molar-refractivity contribution >= 4 is 34.6 Å². The molecule has 0 unspecified atom stereocenters. The zero-order valence-electron chi connectivity index (χ0n) is 14.6. The van der Waals surface area contributed by atoms with Crippen LogP contribution >= 0.6 is 11.6 Å². The maximum absolute atomic E-state index is 6.24. The molecular formula is C18H25ClN6. The summed E-state index contributed by atoms with van der Waals surface area (Å²) >= 11 is 6.01. The number of nitrogens with two attached hydrogens (primary N) is 1. The van der Waals surface area contributed by atoms with Gasteiger partial charge in [-0.2, -0.15) is 0 Å². The van der Waals surface area contributed by atoms with Crippen molar-refractivity contribution in [3.63, 3.8) is 0 Å². The van der Waals surface area contributed by atoms with Gasteiger partial charge in [-0.3, -0.25) is 0 Å². The van der Waals surface area contributed by atoms with Gasteiger partial charge in [-0.05, 0) is 56.6 Å². The number of likely N-dealkylation sites (tertiary alicyclic amines) is 1. The van der Waals surface area contributed by atoms with Crippen LogP contribution in [0.25, 0.3) is 0 Å². The number of anilines is 4. The van der Waals surface area contributed by atoms with E-state index < -0.39 is 0 Å². The Hall–Kier alpha value is -2.05. The predicted molar refractivity (Wildman–Crippen MR) is 105 cm³/mol. The maximum Gasteiger partial charge on any atom is 0.159 e. The molecule has 0 bridgehead atoms. The van der Waals surface area contributed by atoms with Crippen molar-refractivity contribution in [3.05, 3.63) is 35.1 Å². The van der Waals surface area contributed by atoms with Gasteiger partial charge >= 0.3 is 0 Å². The molecule has 4 N–H and O–H groups in total. The first-order valence-corrected chi connectivity index (χ1v) is 9.11. The smallest absolute Gasteiger partial charge is 0.159 e. The van der Waals surface area contributed by atoms with Gasteiger partial charge in [0, 0.05) is 23.8 Å². The highest BCUT2D eigenvalue weighted by atomic mass is 35.5. The van der Waals surface area contributed by atoms with Crippen LogP contribution < -0.4 is 16.4 Å². The standard InChI is InChI=1S/C18H25ClN6/c1-13-11-14(19)5-6-15(13)24-18-16(20)17(22-12-23-18)21-7-10-25-8-3-2-4-9-25/h5-6,11-12H,2-4,7-10,20H2,1H3,(H2,21,22,23,24). The Labute approximate surface area is 153 Å². The van der Waals surface area contributed by atoms with E-state index in [1.165, 1.54) is 38.7 Å². The molecule has 1 fully saturated rings. The summed E-state index contributed by atoms with van der Waals surface area (Å²) < 4.78 is 0. The van der Waals surface area contributed by atoms with E-state index in [4.69, 9.17) is 17.3 Å². The van der Waals surface area contributed by atoms with E-state index in [0.29, 0.717) is 22.3 Å². The van der Waals surface area contributed by atoms with Crippen molar-refractivity contribution in [2.24, 2.45) is 0 Å². The lowest BCUT2D eigenvalue weighted by atomic mass is 10.1. The lowest BCUT2D eigenvalue weighted by Crippen LogP contribution is -2.33. The summed E-state index contributed by atoms with van der Waals surface area (Å²) in [6.45, 7) is 6.18. The van der Waals surface area contributed by atoms with Crippen LogP contribution in [0.15, 0.2) is 24.5 Å². The van der Waals surface area contributed by atoms with E-state index in [-0.39, 0.29) is 0 Å². The number of nitrogens with one attached hydrogen (secondary N) is 2. The fraction of sp³-hybridized carbons (Fsp3) is 0.444. The van der Waals surface area contributed by atoms with Crippen molar-refractivity contribution in [1.82, 2.24) is 14.9 Å². The van der Waals surface area contributed by atoms with Crippen molar-refractivity contribution < 1.29 is 0 Å². The molecular weight excluding hydrogens is 336 g/mol. The summed E-state index contributed by atoms with van der Waals surface area (Å²) in [5, 5.41) is 7.30. The lowest BCUT2D eigenvalue weighted by molar-refractivity contribution is 0.237. The van der Waals surface area contributed by atoms with Gasteiger partial charge < -0.3 is 21.3 Å². The largest absolute Gasteiger partial charge is 0.393 e. The first-order chi connectivity index (χ1) is 12.1. The Balaban J connectivity index is 1.63. The molecule has 1 aliphatic heterocycles. The number of hydrogen-bond donors (Lipinski definition) is 3. The van der Waals surface area contributed by atoms with Gasteiger partial charge in [0.2, 0.25) is 0 Å². The molecule has 0 aliphatic carbocycles. The van der Waals surface area contributed by atoms with Gasteiger partial charge in [-0.15, -0.1) is 0 Å². The highest BCUT2D eigenvalue weighted by molar-refractivity contribution is 6.30. The third kappa shape index (κ3) is 4.74. The normalized spacial score (nSPS) is 15.1. The van der Waals surface area contributed by atoms with Crippen molar-refractivity contribution in [1.29, 1.82) is 0 Å². The van der Waals surface area contributed by atoms with Gasteiger partial charge in [-0.1, -0.05) is 18.0 Å². The van der Waals surface area contributed by atoms with Crippen LogP contribution in [0.1, 0.15) is 24.8 Å². The lowest BCUT2D eigenvalue weighted by Gasteiger charge is -2.26. The second kappa shape index (κ2) is 8.36. The van der Waals surface area contributed by atoms with E-state index in [9.17, 15) is 0 Å². The van der Waals surface area contributed by atoms with Gasteiger partial charge in [0.05, 0.1) is 0 Å². The Morgan fingerprint density at radius 2 is 1.92 bits per heavy atom. The molecule has 1 aromatic heterocycles. The van der Waals surface area contributed by atoms with Gasteiger partial charge in [-0.25, -0.2) is 9.97 Å². The molecule has 1 aliphatic rings. The van der Waals surface area contributed by atoms with Gasteiger partial charge in [0.1, 0.15) is 12.0 Å². The summed E-state index contributed by atoms with van der Waals surface area (Å²) in [5.74, 6) is 1.27. The van der Waals surface area contributed by atoms with E-state index >= 15 is 0 Å². The number of aromatic nitrogens is 2. The summed E-state index contributed by atoms with van der Waals surface area (Å²) in [6.07, 6.45) is 5.46. The first kappa shape index (κ1) is 17.8. The Morgan fingerprint density at radius 1 is 1.16 bits per heavy atom. The van der Waals surface area contributed by atoms with Crippen LogP contribution in [-0.2, 0) is 0 Å². The topological polar surface area (TPSA) is 79.1 Å². The summed E-state index contributed by atoms with van der Waals surface area (Å²) in [5.41, 5.74) is 8.72. The van der Waals surface area contributed by atoms with Crippen LogP contribution in [0.2, 0.25) is 5.02 Å². The van der Waals surface area contributed by atoms with Crippen LogP contribution in [-0.4, -0.2) is 41.0 Å². The summed E-state index contributed by atoms with van der Waals surface area (Å²) in [7, 11) is 0. The molecule has 1 aromatic carbocycles. The van der Waals surface area contributed by atoms with E-state index in [0.717, 1.165) is 24.3 Å². The molecule has 0 amide bonds. The third-order valence-electron chi connectivity index (χ3n) is 4.49. The number of halogens is 1. The number of hydrogen-bond acceptors (Lipinski definition) is 6. The van der Waals surface area contributed by atoms with Crippen molar-refractivity contribution in [3.8, 4) is 0 Å². The van der Waals surface area contributed by atoms with Crippen LogP contribution in [0.5, 0.6) is 0 Å². The van der Waals surface area contributed by atoms with Crippen molar-refractivity contribution in [2.45, 2.75) is 26.2 Å². The molecule has 2 heterocycles. The minimum Gasteiger partial charge on any atom is -0.393 e. The fourth-order valence-corrected chi connectivity index (χ4v) is 3.27. The molecule has 0 atom stereocenters. The minimum absolute atomic E-state index is 0.524. The maximum atomic E-state index is 6.24. The molecule has 0 saturated carbocycles. The minimum atomic E-state index is 0.524. The van der Waals surface area contributed by atoms with Crippen LogP contribution in [0.3, 0.4) is 0 Å². The molecule has 2 aromatic rings. The van der Waals surface area contributed by atoms with E-state index in [1.807, 2.05) is 25.1 Å². The van der Waals surface area contributed by atoms with Gasteiger partial charge in [0.15, 0.2) is 11.6 Å². The zero-order valence-corrected chi connectivity index (χ0v) is 15.3. The van der Waals surface area contributed by atoms with Gasteiger partial charge in [0.25, 0.3) is 0 Å². The molecule has 6 nitrogen and oxygen atoms in total. The SMILES string of the molecule is Cc1cc(Cl)ccc1Nc1ncnc(NCCN2CCCCC2)c1N. The Bertz CT molecular complexity index is 715. The number of aryl methyl sites for hydroxylation is 1. The fourth-order valence-electron chi connectivity index (χ4n) is 3.05. The monoisotopic (exact) mass is 360 g/mol. The number of piperidine rings is 1. The third-order valence-corrected chi connectivity index (χ3v) is 4.73. The number of nitrogen functional groups attached to an aromatic ring is 1. The molecule has 7 heteroatoms. The quantitative estimate of drug-likeness (QED) is 0.729. The Kier molecular flexibility index (Phi) is 5.94. The first-order valence-electron chi connectivity index (χ1n) is 8.73. The molecule has 3 rings (SSSR count). The summed E-state index contributed by atoms with van der Waals surface area (Å²) in [4.78, 5) is 11.0. The average Bonchev–Trinajstić information content (AvgIpc) is 2.61. The molecule has 1 saturated heterocycles. The second-order valence-electron chi connectivity index (χ2n) is 6.40. The van der Waals surface area contributed by atoms with Crippen LogP contribution in [0, 0.1) is 6.92 Å². The molecule has 0 radical (unpaired) electrons. The Morgan fingerprint density at radius 3 is 2.68 bits per heavy atom. The van der Waals surface area contributed by atoms with E-state index in [1.54, 1.807) is 0 Å². The highest BCUT2D eigenvalue weighted by Crippen LogP contribution is 2.28. The number of rotatable bonds is 6. The average molecular weight is 361 g/mol. The second-order valence-corrected chi connectivity index (χ2v) is 6.83. The van der Waals surface area contributed by atoms with E-state index in [2.05, 4.69) is 25.5 Å². The number of nitrogens with zero attached hydrogens (tertiary/aromatic N) is 3. The molecule has 25 heavy (non-hydrogen) atoms. The molecule has 134 valence electrons. The van der Waals surface area contributed by atoms with Crippen molar-refractivity contribution in [2.75, 3.05) is 42.5 Å². The van der Waals surface area contributed by atoms with Crippen LogP contribution in [0.4, 0.5) is 23.0 Å². The highest BCUT2D eigenvalue weighted by Gasteiger charge is 2.12. The number of benzene rings is 1. The zero-order chi connectivity index (χ0) is 17.6. The molecule has 0 spiro atoms.